The summed E-state index contributed by atoms with van der Waals surface area (Å²) in [4.78, 5) is 0. The molecular formula is C16H26FNOS. The summed E-state index contributed by atoms with van der Waals surface area (Å²) in [7, 11) is 0. The van der Waals surface area contributed by atoms with Crippen LogP contribution in [-0.4, -0.2) is 11.4 Å². The van der Waals surface area contributed by atoms with E-state index < -0.39 is 0 Å². The van der Waals surface area contributed by atoms with Gasteiger partial charge in [0.05, 0.1) is 6.61 Å². The molecule has 1 atom stereocenters. The third kappa shape index (κ3) is 5.71. The van der Waals surface area contributed by atoms with E-state index >= 15 is 0 Å². The van der Waals surface area contributed by atoms with Crippen LogP contribution in [0.1, 0.15) is 53.1 Å². The zero-order valence-electron chi connectivity index (χ0n) is 13.3. The van der Waals surface area contributed by atoms with Gasteiger partial charge in [0.2, 0.25) is 0 Å². The summed E-state index contributed by atoms with van der Waals surface area (Å²) >= 11 is 1.68. The molecule has 1 N–H and O–H groups in total. The highest BCUT2D eigenvalue weighted by Gasteiger charge is 2.20. The summed E-state index contributed by atoms with van der Waals surface area (Å²) in [5, 5.41) is 0. The number of halogens is 1. The lowest BCUT2D eigenvalue weighted by atomic mass is 9.97. The first-order valence-corrected chi connectivity index (χ1v) is 7.91. The molecule has 0 aliphatic rings. The van der Waals surface area contributed by atoms with E-state index in [1.165, 1.54) is 6.07 Å². The van der Waals surface area contributed by atoms with Gasteiger partial charge in [0.25, 0.3) is 0 Å². The van der Waals surface area contributed by atoms with Crippen LogP contribution in [0.4, 0.5) is 4.39 Å². The molecule has 20 heavy (non-hydrogen) atoms. The monoisotopic (exact) mass is 299 g/mol. The first-order valence-electron chi connectivity index (χ1n) is 7.09. The zero-order valence-corrected chi connectivity index (χ0v) is 14.1. The summed E-state index contributed by atoms with van der Waals surface area (Å²) in [6.07, 6.45) is 0. The van der Waals surface area contributed by atoms with E-state index in [0.29, 0.717) is 18.3 Å². The van der Waals surface area contributed by atoms with Gasteiger partial charge in [-0.2, -0.15) is 0 Å². The summed E-state index contributed by atoms with van der Waals surface area (Å²) < 4.78 is 22.7. The third-order valence-corrected chi connectivity index (χ3v) is 3.71. The number of nitrogens with one attached hydrogen (secondary N) is 1. The fourth-order valence-electron chi connectivity index (χ4n) is 1.84. The van der Waals surface area contributed by atoms with Crippen molar-refractivity contribution in [3.05, 3.63) is 29.6 Å². The second kappa shape index (κ2) is 7.32. The highest BCUT2D eigenvalue weighted by molar-refractivity contribution is 7.98. The molecular weight excluding hydrogens is 273 g/mol. The molecule has 1 aromatic rings. The van der Waals surface area contributed by atoms with Crippen LogP contribution in [0.25, 0.3) is 0 Å². The standard InChI is InChI=1S/C16H26FNOS/c1-7-19-14-9-12(8-13(17)10-14)15(11(2)3)18-20-16(4,5)6/h8-11,15,18H,7H2,1-6H3/t15-/m1/s1. The predicted octanol–water partition coefficient (Wildman–Crippen LogP) is 4.96. The first-order chi connectivity index (χ1) is 9.23. The maximum Gasteiger partial charge on any atom is 0.127 e. The Hall–Kier alpha value is -0.740. The highest BCUT2D eigenvalue weighted by atomic mass is 32.2. The van der Waals surface area contributed by atoms with Gasteiger partial charge in [0.15, 0.2) is 0 Å². The lowest BCUT2D eigenvalue weighted by molar-refractivity contribution is 0.336. The van der Waals surface area contributed by atoms with Gasteiger partial charge in [0, 0.05) is 16.9 Å². The smallest absolute Gasteiger partial charge is 0.127 e. The summed E-state index contributed by atoms with van der Waals surface area (Å²) in [5.74, 6) is 0.705. The van der Waals surface area contributed by atoms with E-state index in [2.05, 4.69) is 39.3 Å². The molecule has 0 fully saturated rings. The Balaban J connectivity index is 2.96. The molecule has 1 aromatic carbocycles. The Kier molecular flexibility index (Phi) is 6.34. The van der Waals surface area contributed by atoms with Crippen LogP contribution in [0.5, 0.6) is 5.75 Å². The molecule has 0 aliphatic heterocycles. The van der Waals surface area contributed by atoms with E-state index in [-0.39, 0.29) is 16.6 Å². The van der Waals surface area contributed by atoms with Crippen molar-refractivity contribution in [1.29, 1.82) is 0 Å². The van der Waals surface area contributed by atoms with Crippen LogP contribution in [0.3, 0.4) is 0 Å². The summed E-state index contributed by atoms with van der Waals surface area (Å²) in [6.45, 7) is 13.2. The second-order valence-electron chi connectivity index (χ2n) is 6.21. The zero-order chi connectivity index (χ0) is 15.3. The normalized spacial score (nSPS) is 13.6. The van der Waals surface area contributed by atoms with Gasteiger partial charge < -0.3 is 4.74 Å². The quantitative estimate of drug-likeness (QED) is 0.750. The molecule has 0 saturated heterocycles. The van der Waals surface area contributed by atoms with E-state index in [1.807, 2.05) is 13.0 Å². The molecule has 0 unspecified atom stereocenters. The van der Waals surface area contributed by atoms with Gasteiger partial charge >= 0.3 is 0 Å². The van der Waals surface area contributed by atoms with Crippen LogP contribution in [0, 0.1) is 11.7 Å². The SMILES string of the molecule is CCOc1cc(F)cc([C@H](NSC(C)(C)C)C(C)C)c1. The minimum absolute atomic E-state index is 0.0918. The molecule has 4 heteroatoms. The lowest BCUT2D eigenvalue weighted by Gasteiger charge is -2.27. The Morgan fingerprint density at radius 1 is 1.25 bits per heavy atom. The van der Waals surface area contributed by atoms with E-state index in [4.69, 9.17) is 4.74 Å². The molecule has 2 nitrogen and oxygen atoms in total. The molecule has 0 heterocycles. The number of rotatable bonds is 6. The van der Waals surface area contributed by atoms with Crippen molar-refractivity contribution in [3.8, 4) is 5.75 Å². The molecule has 0 saturated carbocycles. The molecule has 0 radical (unpaired) electrons. The first kappa shape index (κ1) is 17.3. The fourth-order valence-corrected chi connectivity index (χ4v) is 2.73. The van der Waals surface area contributed by atoms with Crippen LogP contribution in [0.15, 0.2) is 18.2 Å². The number of hydrogen-bond acceptors (Lipinski definition) is 3. The van der Waals surface area contributed by atoms with Gasteiger partial charge in [-0.05, 0) is 51.3 Å². The summed E-state index contributed by atoms with van der Waals surface area (Å²) in [5.41, 5.74) is 0.931. The topological polar surface area (TPSA) is 21.3 Å². The second-order valence-corrected chi connectivity index (χ2v) is 7.87. The molecule has 114 valence electrons. The highest BCUT2D eigenvalue weighted by Crippen LogP contribution is 2.31. The van der Waals surface area contributed by atoms with Crippen molar-refractivity contribution >= 4 is 11.9 Å². The van der Waals surface area contributed by atoms with E-state index in [1.54, 1.807) is 18.0 Å². The number of hydrogen-bond donors (Lipinski definition) is 1. The van der Waals surface area contributed by atoms with E-state index in [0.717, 1.165) is 5.56 Å². The van der Waals surface area contributed by atoms with Crippen molar-refractivity contribution in [2.75, 3.05) is 6.61 Å². The Bertz CT molecular complexity index is 429. The fraction of sp³-hybridized carbons (Fsp3) is 0.625. The van der Waals surface area contributed by atoms with Gasteiger partial charge in [-0.25, -0.2) is 4.39 Å². The minimum atomic E-state index is -0.251. The Labute approximate surface area is 126 Å². The molecule has 0 amide bonds. The number of ether oxygens (including phenoxy) is 1. The van der Waals surface area contributed by atoms with Crippen LogP contribution in [-0.2, 0) is 0 Å². The van der Waals surface area contributed by atoms with Crippen molar-refractivity contribution in [1.82, 2.24) is 4.72 Å². The predicted molar refractivity (Wildman–Crippen MR) is 85.6 cm³/mol. The van der Waals surface area contributed by atoms with Gasteiger partial charge in [0.1, 0.15) is 11.6 Å². The van der Waals surface area contributed by atoms with E-state index in [9.17, 15) is 4.39 Å². The van der Waals surface area contributed by atoms with Gasteiger partial charge in [-0.1, -0.05) is 25.8 Å². The van der Waals surface area contributed by atoms with Crippen LogP contribution >= 0.6 is 11.9 Å². The maximum atomic E-state index is 13.7. The van der Waals surface area contributed by atoms with Crippen molar-refractivity contribution < 1.29 is 9.13 Å². The van der Waals surface area contributed by atoms with Crippen molar-refractivity contribution in [3.63, 3.8) is 0 Å². The lowest BCUT2D eigenvalue weighted by Crippen LogP contribution is -2.25. The largest absolute Gasteiger partial charge is 0.494 e. The Morgan fingerprint density at radius 2 is 1.90 bits per heavy atom. The van der Waals surface area contributed by atoms with Gasteiger partial charge in [-0.3, -0.25) is 4.72 Å². The molecule has 1 rings (SSSR count). The number of benzene rings is 1. The van der Waals surface area contributed by atoms with Crippen LogP contribution in [0.2, 0.25) is 0 Å². The summed E-state index contributed by atoms with van der Waals surface area (Å²) in [6, 6.07) is 5.03. The average Bonchev–Trinajstić information content (AvgIpc) is 2.26. The van der Waals surface area contributed by atoms with Crippen molar-refractivity contribution in [2.24, 2.45) is 5.92 Å². The molecule has 0 spiro atoms. The third-order valence-electron chi connectivity index (χ3n) is 2.72. The Morgan fingerprint density at radius 3 is 2.40 bits per heavy atom. The minimum Gasteiger partial charge on any atom is -0.494 e. The van der Waals surface area contributed by atoms with Crippen molar-refractivity contribution in [2.45, 2.75) is 52.3 Å². The molecule has 0 aromatic heterocycles. The maximum absolute atomic E-state index is 13.7. The molecule has 0 bridgehead atoms. The average molecular weight is 299 g/mol. The molecule has 0 aliphatic carbocycles. The van der Waals surface area contributed by atoms with Crippen LogP contribution < -0.4 is 9.46 Å². The van der Waals surface area contributed by atoms with Gasteiger partial charge in [-0.15, -0.1) is 0 Å².